The minimum atomic E-state index is 0.0700. The van der Waals surface area contributed by atoms with Gasteiger partial charge in [0, 0.05) is 24.2 Å². The van der Waals surface area contributed by atoms with E-state index in [4.69, 9.17) is 15.7 Å². The van der Waals surface area contributed by atoms with E-state index in [1.807, 2.05) is 6.20 Å². The van der Waals surface area contributed by atoms with Gasteiger partial charge in [0.05, 0.1) is 22.8 Å². The molecule has 1 atom stereocenters. The van der Waals surface area contributed by atoms with Crippen LogP contribution in [0.3, 0.4) is 0 Å². The number of H-pyrrole nitrogens is 1. The van der Waals surface area contributed by atoms with E-state index in [9.17, 15) is 0 Å². The van der Waals surface area contributed by atoms with Gasteiger partial charge in [-0.1, -0.05) is 18.2 Å². The number of hydrogen-bond acceptors (Lipinski definition) is 4. The summed E-state index contributed by atoms with van der Waals surface area (Å²) in [6, 6.07) is 13.3. The first kappa shape index (κ1) is 18.8. The molecule has 0 amide bonds. The number of nitrogens with two attached hydrogens (primary N) is 1. The summed E-state index contributed by atoms with van der Waals surface area (Å²) in [5.41, 5.74) is 11.3. The summed E-state index contributed by atoms with van der Waals surface area (Å²) >= 11 is 0. The van der Waals surface area contributed by atoms with E-state index in [0.29, 0.717) is 12.1 Å². The molecule has 29 heavy (non-hydrogen) atoms. The molecule has 0 saturated heterocycles. The standard InChI is InChI=1S/C24H31N5/c1-29(21-10-4-6-17-7-5-15-26-23(17)21)24(13-11-18(25)12-14-24)16-22-27-19-8-2-3-9-20(19)28-22/h2-3,5,7-9,15,18,21H,4,6,10-14,16,25H2,1H3,(H,27,28)/t18-,21?,24-. The number of aryl methyl sites for hydroxylation is 1. The summed E-state index contributed by atoms with van der Waals surface area (Å²) in [6.07, 6.45) is 10.8. The Hall–Kier alpha value is -2.24. The van der Waals surface area contributed by atoms with Gasteiger partial charge >= 0.3 is 0 Å². The molecule has 0 spiro atoms. The molecule has 0 aliphatic heterocycles. The largest absolute Gasteiger partial charge is 0.342 e. The van der Waals surface area contributed by atoms with Crippen molar-refractivity contribution in [2.45, 2.75) is 69.0 Å². The fraction of sp³-hybridized carbons (Fsp3) is 0.500. The number of benzene rings is 1. The number of imidazole rings is 1. The number of aromatic nitrogens is 3. The number of aromatic amines is 1. The second kappa shape index (κ2) is 7.54. The zero-order valence-electron chi connectivity index (χ0n) is 17.3. The minimum Gasteiger partial charge on any atom is -0.342 e. The van der Waals surface area contributed by atoms with Crippen molar-refractivity contribution in [3.8, 4) is 0 Å². The van der Waals surface area contributed by atoms with Crippen molar-refractivity contribution in [2.75, 3.05) is 7.05 Å². The van der Waals surface area contributed by atoms with Gasteiger partial charge in [-0.25, -0.2) is 4.98 Å². The third-order valence-electron chi connectivity index (χ3n) is 7.28. The monoisotopic (exact) mass is 389 g/mol. The van der Waals surface area contributed by atoms with Crippen LogP contribution in [0.4, 0.5) is 0 Å². The molecular weight excluding hydrogens is 358 g/mol. The van der Waals surface area contributed by atoms with Crippen LogP contribution >= 0.6 is 0 Å². The third kappa shape index (κ3) is 3.47. The average molecular weight is 390 g/mol. The highest BCUT2D eigenvalue weighted by molar-refractivity contribution is 5.74. The molecule has 2 aromatic heterocycles. The second-order valence-electron chi connectivity index (χ2n) is 9.01. The van der Waals surface area contributed by atoms with Crippen LogP contribution in [0, 0.1) is 0 Å². The maximum atomic E-state index is 6.31. The van der Waals surface area contributed by atoms with E-state index in [1.165, 1.54) is 24.1 Å². The predicted octanol–water partition coefficient (Wildman–Crippen LogP) is 4.15. The lowest BCUT2D eigenvalue weighted by molar-refractivity contribution is 0.0221. The van der Waals surface area contributed by atoms with Gasteiger partial charge in [0.25, 0.3) is 0 Å². The van der Waals surface area contributed by atoms with Crippen LogP contribution in [0.2, 0.25) is 0 Å². The highest BCUT2D eigenvalue weighted by atomic mass is 15.2. The van der Waals surface area contributed by atoms with E-state index in [2.05, 4.69) is 53.3 Å². The van der Waals surface area contributed by atoms with Crippen molar-refractivity contribution in [1.82, 2.24) is 19.9 Å². The Balaban J connectivity index is 1.49. The lowest BCUT2D eigenvalue weighted by Crippen LogP contribution is -2.54. The van der Waals surface area contributed by atoms with Crippen molar-refractivity contribution < 1.29 is 0 Å². The summed E-state index contributed by atoms with van der Waals surface area (Å²) in [5.74, 6) is 1.09. The summed E-state index contributed by atoms with van der Waals surface area (Å²) in [4.78, 5) is 15.9. The number of nitrogens with zero attached hydrogens (tertiary/aromatic N) is 3. The van der Waals surface area contributed by atoms with Crippen LogP contribution in [-0.2, 0) is 12.8 Å². The lowest BCUT2D eigenvalue weighted by atomic mass is 9.74. The minimum absolute atomic E-state index is 0.0700. The molecule has 1 saturated carbocycles. The van der Waals surface area contributed by atoms with Crippen molar-refractivity contribution in [2.24, 2.45) is 5.73 Å². The van der Waals surface area contributed by atoms with Crippen molar-refractivity contribution in [3.05, 3.63) is 59.7 Å². The van der Waals surface area contributed by atoms with Gasteiger partial charge in [0.15, 0.2) is 0 Å². The number of fused-ring (bicyclic) bond motifs is 2. The number of hydrogen-bond donors (Lipinski definition) is 2. The van der Waals surface area contributed by atoms with E-state index in [0.717, 1.165) is 55.4 Å². The number of likely N-dealkylation sites (N-methyl/N-ethyl adjacent to an activating group) is 1. The Bertz CT molecular complexity index is 953. The first-order chi connectivity index (χ1) is 14.1. The van der Waals surface area contributed by atoms with Gasteiger partial charge < -0.3 is 10.7 Å². The summed E-state index contributed by atoms with van der Waals surface area (Å²) < 4.78 is 0. The van der Waals surface area contributed by atoms with Gasteiger partial charge in [-0.3, -0.25) is 9.88 Å². The van der Waals surface area contributed by atoms with Crippen LogP contribution < -0.4 is 5.73 Å². The van der Waals surface area contributed by atoms with Crippen LogP contribution in [0.15, 0.2) is 42.6 Å². The Morgan fingerprint density at radius 3 is 2.79 bits per heavy atom. The number of pyridine rings is 1. The zero-order chi connectivity index (χ0) is 19.8. The first-order valence-corrected chi connectivity index (χ1v) is 11.0. The van der Waals surface area contributed by atoms with Crippen LogP contribution in [0.25, 0.3) is 11.0 Å². The van der Waals surface area contributed by atoms with Gasteiger partial charge in [-0.05, 0) is 75.8 Å². The Morgan fingerprint density at radius 2 is 1.97 bits per heavy atom. The second-order valence-corrected chi connectivity index (χ2v) is 9.01. The van der Waals surface area contributed by atoms with Gasteiger partial charge in [-0.15, -0.1) is 0 Å². The highest BCUT2D eigenvalue weighted by Gasteiger charge is 2.43. The van der Waals surface area contributed by atoms with Crippen LogP contribution in [0.5, 0.6) is 0 Å². The zero-order valence-corrected chi connectivity index (χ0v) is 17.3. The maximum Gasteiger partial charge on any atom is 0.109 e. The molecule has 1 unspecified atom stereocenters. The number of para-hydroxylation sites is 2. The SMILES string of the molecule is CN(C1CCCc2cccnc21)[C@]1(Cc2nc3ccccc3[nH]2)CC[C@@H](N)CC1. The molecule has 5 rings (SSSR count). The van der Waals surface area contributed by atoms with Crippen LogP contribution in [-0.4, -0.2) is 38.5 Å². The summed E-state index contributed by atoms with van der Waals surface area (Å²) in [6.45, 7) is 0. The third-order valence-corrected chi connectivity index (χ3v) is 7.28. The lowest BCUT2D eigenvalue weighted by Gasteiger charge is -2.50. The molecule has 5 nitrogen and oxygen atoms in total. The first-order valence-electron chi connectivity index (χ1n) is 11.0. The normalized spacial score (nSPS) is 27.3. The number of rotatable bonds is 4. The quantitative estimate of drug-likeness (QED) is 0.703. The molecule has 3 aromatic rings. The fourth-order valence-corrected chi connectivity index (χ4v) is 5.53. The van der Waals surface area contributed by atoms with E-state index in [1.54, 1.807) is 0 Å². The molecule has 5 heteroatoms. The van der Waals surface area contributed by atoms with Crippen molar-refractivity contribution in [1.29, 1.82) is 0 Å². The topological polar surface area (TPSA) is 70.8 Å². The molecule has 2 aliphatic carbocycles. The van der Waals surface area contributed by atoms with E-state index < -0.39 is 0 Å². The Morgan fingerprint density at radius 1 is 1.14 bits per heavy atom. The fourth-order valence-electron chi connectivity index (χ4n) is 5.53. The predicted molar refractivity (Wildman–Crippen MR) is 117 cm³/mol. The Kier molecular flexibility index (Phi) is 4.88. The van der Waals surface area contributed by atoms with Crippen molar-refractivity contribution >= 4 is 11.0 Å². The van der Waals surface area contributed by atoms with Gasteiger partial charge in [0.1, 0.15) is 5.82 Å². The maximum absolute atomic E-state index is 6.31. The molecule has 1 fully saturated rings. The summed E-state index contributed by atoms with van der Waals surface area (Å²) in [7, 11) is 2.31. The highest BCUT2D eigenvalue weighted by Crippen LogP contribution is 2.43. The smallest absolute Gasteiger partial charge is 0.109 e. The molecule has 2 aliphatic rings. The molecule has 0 bridgehead atoms. The molecule has 3 N–H and O–H groups in total. The average Bonchev–Trinajstić information content (AvgIpc) is 3.17. The van der Waals surface area contributed by atoms with E-state index >= 15 is 0 Å². The summed E-state index contributed by atoms with van der Waals surface area (Å²) in [5, 5.41) is 0. The van der Waals surface area contributed by atoms with E-state index in [-0.39, 0.29) is 5.54 Å². The molecule has 0 radical (unpaired) electrons. The van der Waals surface area contributed by atoms with Crippen LogP contribution in [0.1, 0.15) is 61.6 Å². The van der Waals surface area contributed by atoms with Gasteiger partial charge in [0.2, 0.25) is 0 Å². The molecular formula is C24H31N5. The molecule has 2 heterocycles. The molecule has 1 aromatic carbocycles. The van der Waals surface area contributed by atoms with Crippen molar-refractivity contribution in [3.63, 3.8) is 0 Å². The Labute approximate surface area is 172 Å². The van der Waals surface area contributed by atoms with Gasteiger partial charge in [-0.2, -0.15) is 0 Å². The molecule has 152 valence electrons. The number of nitrogens with one attached hydrogen (secondary N) is 1.